The molecule has 1 aromatic rings. The molecule has 1 saturated heterocycles. The molecular formula is C12H21N3O. The molecule has 16 heavy (non-hydrogen) atoms. The Morgan fingerprint density at radius 3 is 2.44 bits per heavy atom. The highest BCUT2D eigenvalue weighted by Gasteiger charge is 2.12. The molecule has 1 aromatic heterocycles. The first-order valence-corrected chi connectivity index (χ1v) is 6.18. The van der Waals surface area contributed by atoms with Crippen LogP contribution in [0.15, 0.2) is 17.2 Å². The Morgan fingerprint density at radius 2 is 1.88 bits per heavy atom. The normalized spacial score (nSPS) is 17.4. The average molecular weight is 223 g/mol. The molecule has 4 nitrogen and oxygen atoms in total. The topological polar surface area (TPSA) is 30.2 Å². The van der Waals surface area contributed by atoms with Crippen molar-refractivity contribution in [1.82, 2.24) is 14.0 Å². The fourth-order valence-electron chi connectivity index (χ4n) is 2.25. The van der Waals surface area contributed by atoms with Crippen LogP contribution in [0, 0.1) is 0 Å². The summed E-state index contributed by atoms with van der Waals surface area (Å²) in [6.07, 6.45) is 6.40. The zero-order chi connectivity index (χ0) is 11.5. The van der Waals surface area contributed by atoms with Gasteiger partial charge in [0.05, 0.1) is 0 Å². The van der Waals surface area contributed by atoms with Crippen LogP contribution >= 0.6 is 0 Å². The summed E-state index contributed by atoms with van der Waals surface area (Å²) in [5, 5.41) is 0. The van der Waals surface area contributed by atoms with Crippen LogP contribution in [0.1, 0.15) is 32.7 Å². The van der Waals surface area contributed by atoms with Gasteiger partial charge in [-0.25, -0.2) is 4.79 Å². The highest BCUT2D eigenvalue weighted by molar-refractivity contribution is 4.84. The Morgan fingerprint density at radius 1 is 1.19 bits per heavy atom. The molecule has 0 aliphatic carbocycles. The van der Waals surface area contributed by atoms with E-state index >= 15 is 0 Å². The molecule has 0 spiro atoms. The zero-order valence-electron chi connectivity index (χ0n) is 10.2. The summed E-state index contributed by atoms with van der Waals surface area (Å²) < 4.78 is 3.60. The van der Waals surface area contributed by atoms with Crippen molar-refractivity contribution >= 4 is 0 Å². The second kappa shape index (κ2) is 4.87. The maximum Gasteiger partial charge on any atom is 0.328 e. The maximum absolute atomic E-state index is 11.9. The van der Waals surface area contributed by atoms with E-state index in [0.717, 1.165) is 13.1 Å². The van der Waals surface area contributed by atoms with E-state index in [2.05, 4.69) is 4.90 Å². The zero-order valence-corrected chi connectivity index (χ0v) is 10.2. The van der Waals surface area contributed by atoms with Crippen LogP contribution in [0.25, 0.3) is 0 Å². The molecule has 0 N–H and O–H groups in total. The van der Waals surface area contributed by atoms with Gasteiger partial charge in [0.15, 0.2) is 0 Å². The molecule has 0 aromatic carbocycles. The van der Waals surface area contributed by atoms with Crippen LogP contribution in [0.4, 0.5) is 0 Å². The van der Waals surface area contributed by atoms with Crippen LogP contribution in [0.3, 0.4) is 0 Å². The maximum atomic E-state index is 11.9. The van der Waals surface area contributed by atoms with Crippen molar-refractivity contribution in [3.8, 4) is 0 Å². The van der Waals surface area contributed by atoms with Crippen LogP contribution in [-0.4, -0.2) is 33.7 Å². The molecule has 90 valence electrons. The average Bonchev–Trinajstić information content (AvgIpc) is 2.84. The molecule has 0 amide bonds. The first-order valence-electron chi connectivity index (χ1n) is 6.18. The van der Waals surface area contributed by atoms with Gasteiger partial charge in [-0.1, -0.05) is 0 Å². The van der Waals surface area contributed by atoms with E-state index in [9.17, 15) is 4.79 Å². The van der Waals surface area contributed by atoms with Gasteiger partial charge in [0.2, 0.25) is 0 Å². The van der Waals surface area contributed by atoms with Gasteiger partial charge in [-0.3, -0.25) is 9.13 Å². The molecular weight excluding hydrogens is 202 g/mol. The molecule has 1 aliphatic heterocycles. The van der Waals surface area contributed by atoms with Gasteiger partial charge in [-0.15, -0.1) is 0 Å². The molecule has 4 heteroatoms. The minimum absolute atomic E-state index is 0.120. The lowest BCUT2D eigenvalue weighted by Crippen LogP contribution is -2.30. The van der Waals surface area contributed by atoms with Crippen LogP contribution in [0.2, 0.25) is 0 Å². The molecule has 1 fully saturated rings. The van der Waals surface area contributed by atoms with E-state index < -0.39 is 0 Å². The SMILES string of the molecule is CC(C)n1ccn(CCN2CCCC2)c1=O. The van der Waals surface area contributed by atoms with Gasteiger partial charge in [0.1, 0.15) is 0 Å². The molecule has 0 bridgehead atoms. The van der Waals surface area contributed by atoms with Gasteiger partial charge in [-0.05, 0) is 39.8 Å². The monoisotopic (exact) mass is 223 g/mol. The van der Waals surface area contributed by atoms with Crippen molar-refractivity contribution in [3.63, 3.8) is 0 Å². The summed E-state index contributed by atoms with van der Waals surface area (Å²) in [5.41, 5.74) is 0.120. The van der Waals surface area contributed by atoms with Crippen molar-refractivity contribution in [2.45, 2.75) is 39.3 Å². The third-order valence-corrected chi connectivity index (χ3v) is 3.29. The van der Waals surface area contributed by atoms with Crippen LogP contribution in [0.5, 0.6) is 0 Å². The summed E-state index contributed by atoms with van der Waals surface area (Å²) in [7, 11) is 0. The number of hydrogen-bond acceptors (Lipinski definition) is 2. The second-order valence-corrected chi connectivity index (χ2v) is 4.82. The predicted octanol–water partition coefficient (Wildman–Crippen LogP) is 1.33. The second-order valence-electron chi connectivity index (χ2n) is 4.82. The van der Waals surface area contributed by atoms with Crippen LogP contribution < -0.4 is 5.69 Å². The van der Waals surface area contributed by atoms with Gasteiger partial charge >= 0.3 is 5.69 Å². The highest BCUT2D eigenvalue weighted by atomic mass is 16.1. The molecule has 1 aliphatic rings. The first-order chi connectivity index (χ1) is 7.68. The quantitative estimate of drug-likeness (QED) is 0.771. The number of hydrogen-bond donors (Lipinski definition) is 0. The smallest absolute Gasteiger partial charge is 0.302 e. The Kier molecular flexibility index (Phi) is 3.49. The molecule has 0 saturated carbocycles. The molecule has 2 heterocycles. The van der Waals surface area contributed by atoms with E-state index in [0.29, 0.717) is 0 Å². The number of nitrogens with zero attached hydrogens (tertiary/aromatic N) is 3. The number of likely N-dealkylation sites (tertiary alicyclic amines) is 1. The lowest BCUT2D eigenvalue weighted by molar-refractivity contribution is 0.319. The van der Waals surface area contributed by atoms with Crippen molar-refractivity contribution in [2.75, 3.05) is 19.6 Å². The van der Waals surface area contributed by atoms with Gasteiger partial charge in [0, 0.05) is 31.5 Å². The van der Waals surface area contributed by atoms with Gasteiger partial charge in [-0.2, -0.15) is 0 Å². The van der Waals surface area contributed by atoms with E-state index in [-0.39, 0.29) is 11.7 Å². The third-order valence-electron chi connectivity index (χ3n) is 3.29. The largest absolute Gasteiger partial charge is 0.328 e. The van der Waals surface area contributed by atoms with E-state index in [4.69, 9.17) is 0 Å². The van der Waals surface area contributed by atoms with Crippen LogP contribution in [-0.2, 0) is 6.54 Å². The standard InChI is InChI=1S/C12H21N3O/c1-11(2)15-10-9-14(12(15)16)8-7-13-5-3-4-6-13/h9-11H,3-8H2,1-2H3. The minimum atomic E-state index is 0.120. The highest BCUT2D eigenvalue weighted by Crippen LogP contribution is 2.06. The minimum Gasteiger partial charge on any atom is -0.302 e. The van der Waals surface area contributed by atoms with Crippen molar-refractivity contribution in [1.29, 1.82) is 0 Å². The Hall–Kier alpha value is -1.03. The summed E-state index contributed by atoms with van der Waals surface area (Å²) >= 11 is 0. The van der Waals surface area contributed by atoms with Crippen molar-refractivity contribution < 1.29 is 0 Å². The Labute approximate surface area is 96.5 Å². The molecule has 0 radical (unpaired) electrons. The fourth-order valence-corrected chi connectivity index (χ4v) is 2.25. The fraction of sp³-hybridized carbons (Fsp3) is 0.750. The van der Waals surface area contributed by atoms with E-state index in [1.54, 1.807) is 4.57 Å². The van der Waals surface area contributed by atoms with E-state index in [1.807, 2.05) is 30.8 Å². The van der Waals surface area contributed by atoms with Gasteiger partial charge in [0.25, 0.3) is 0 Å². The first kappa shape index (κ1) is 11.5. The Bertz CT molecular complexity index is 385. The summed E-state index contributed by atoms with van der Waals surface area (Å²) in [4.78, 5) is 14.4. The predicted molar refractivity (Wildman–Crippen MR) is 64.8 cm³/mol. The van der Waals surface area contributed by atoms with Gasteiger partial charge < -0.3 is 4.90 Å². The molecule has 2 rings (SSSR count). The number of imidazole rings is 1. The summed E-state index contributed by atoms with van der Waals surface area (Å²) in [6, 6.07) is 0.250. The van der Waals surface area contributed by atoms with Crippen molar-refractivity contribution in [2.24, 2.45) is 0 Å². The lowest BCUT2D eigenvalue weighted by Gasteiger charge is -2.14. The number of rotatable bonds is 4. The number of aromatic nitrogens is 2. The van der Waals surface area contributed by atoms with E-state index in [1.165, 1.54) is 25.9 Å². The third kappa shape index (κ3) is 2.38. The lowest BCUT2D eigenvalue weighted by atomic mass is 10.4. The molecule has 0 atom stereocenters. The van der Waals surface area contributed by atoms with Crippen molar-refractivity contribution in [3.05, 3.63) is 22.9 Å². The summed E-state index contributed by atoms with van der Waals surface area (Å²) in [6.45, 7) is 8.28. The molecule has 0 unspecified atom stereocenters. The summed E-state index contributed by atoms with van der Waals surface area (Å²) in [5.74, 6) is 0. The Balaban J connectivity index is 1.96.